The zero-order valence-corrected chi connectivity index (χ0v) is 12.9. The lowest BCUT2D eigenvalue weighted by molar-refractivity contribution is 0.0599. The number of carbonyl (C=O) groups is 1. The minimum atomic E-state index is -0.894. The fraction of sp³-hybridized carbons (Fsp3) is 0.500. The van der Waals surface area contributed by atoms with Gasteiger partial charge in [0.15, 0.2) is 0 Å². The standard InChI is InChI=1S/C14H22N2O3S/c1-14(18,7-8-20-3)10-15-13(17)16-11-5-4-6-12(9-11)19-2/h4-6,9,18H,7-8,10H2,1-3H3,(H2,15,16,17)/t14-/m1/s1. The number of nitrogens with one attached hydrogen (secondary N) is 2. The number of hydrogen-bond donors (Lipinski definition) is 3. The van der Waals surface area contributed by atoms with Crippen molar-refractivity contribution >= 4 is 23.5 Å². The van der Waals surface area contributed by atoms with Crippen molar-refractivity contribution in [3.63, 3.8) is 0 Å². The molecule has 20 heavy (non-hydrogen) atoms. The molecule has 0 bridgehead atoms. The molecule has 1 atom stereocenters. The first-order chi connectivity index (χ1) is 9.46. The number of anilines is 1. The second-order valence-corrected chi connectivity index (χ2v) is 5.76. The molecule has 1 aromatic carbocycles. The van der Waals surface area contributed by atoms with E-state index in [1.54, 1.807) is 50.1 Å². The molecule has 0 aromatic heterocycles. The third kappa shape index (κ3) is 6.16. The molecule has 5 nitrogen and oxygen atoms in total. The van der Waals surface area contributed by atoms with Gasteiger partial charge in [0.1, 0.15) is 5.75 Å². The Kier molecular flexibility index (Phi) is 6.67. The minimum absolute atomic E-state index is 0.212. The van der Waals surface area contributed by atoms with Gasteiger partial charge in [0.25, 0.3) is 0 Å². The van der Waals surface area contributed by atoms with Crippen LogP contribution in [0.4, 0.5) is 10.5 Å². The summed E-state index contributed by atoms with van der Waals surface area (Å²) in [7, 11) is 1.57. The average molecular weight is 298 g/mol. The molecule has 0 aliphatic carbocycles. The fourth-order valence-corrected chi connectivity index (χ4v) is 2.20. The number of carbonyl (C=O) groups excluding carboxylic acids is 1. The van der Waals surface area contributed by atoms with Crippen LogP contribution in [-0.4, -0.2) is 42.4 Å². The Bertz CT molecular complexity index is 438. The number of thioether (sulfide) groups is 1. The van der Waals surface area contributed by atoms with Crippen LogP contribution in [0.5, 0.6) is 5.75 Å². The van der Waals surface area contributed by atoms with Crippen molar-refractivity contribution in [3.05, 3.63) is 24.3 Å². The molecular weight excluding hydrogens is 276 g/mol. The first-order valence-electron chi connectivity index (χ1n) is 6.37. The Hall–Kier alpha value is -1.40. The highest BCUT2D eigenvalue weighted by molar-refractivity contribution is 7.98. The van der Waals surface area contributed by atoms with E-state index in [9.17, 15) is 9.90 Å². The Labute approximate surface area is 124 Å². The lowest BCUT2D eigenvalue weighted by Crippen LogP contribution is -2.42. The average Bonchev–Trinajstić information content (AvgIpc) is 2.43. The molecule has 0 radical (unpaired) electrons. The Morgan fingerprint density at radius 2 is 2.25 bits per heavy atom. The van der Waals surface area contributed by atoms with Crippen LogP contribution in [0.2, 0.25) is 0 Å². The summed E-state index contributed by atoms with van der Waals surface area (Å²) >= 11 is 1.67. The van der Waals surface area contributed by atoms with Crippen LogP contribution >= 0.6 is 11.8 Å². The van der Waals surface area contributed by atoms with E-state index in [2.05, 4.69) is 10.6 Å². The van der Waals surface area contributed by atoms with E-state index in [0.29, 0.717) is 17.9 Å². The Balaban J connectivity index is 2.43. The molecule has 0 aliphatic heterocycles. The summed E-state index contributed by atoms with van der Waals surface area (Å²) in [5, 5.41) is 15.4. The maximum absolute atomic E-state index is 11.8. The van der Waals surface area contributed by atoms with Gasteiger partial charge in [0.2, 0.25) is 0 Å². The van der Waals surface area contributed by atoms with E-state index in [4.69, 9.17) is 4.74 Å². The van der Waals surface area contributed by atoms with Gasteiger partial charge in [-0.3, -0.25) is 0 Å². The molecule has 3 N–H and O–H groups in total. The van der Waals surface area contributed by atoms with Crippen LogP contribution in [0.15, 0.2) is 24.3 Å². The van der Waals surface area contributed by atoms with Gasteiger partial charge in [-0.15, -0.1) is 0 Å². The van der Waals surface area contributed by atoms with Gasteiger partial charge in [-0.2, -0.15) is 11.8 Å². The van der Waals surface area contributed by atoms with Crippen molar-refractivity contribution in [1.82, 2.24) is 5.32 Å². The fourth-order valence-electron chi connectivity index (χ4n) is 1.56. The smallest absolute Gasteiger partial charge is 0.319 e. The first-order valence-corrected chi connectivity index (χ1v) is 7.76. The maximum atomic E-state index is 11.8. The largest absolute Gasteiger partial charge is 0.497 e. The van der Waals surface area contributed by atoms with E-state index in [1.165, 1.54) is 0 Å². The molecule has 0 saturated carbocycles. The summed E-state index contributed by atoms with van der Waals surface area (Å²) < 4.78 is 5.08. The summed E-state index contributed by atoms with van der Waals surface area (Å²) in [5.74, 6) is 1.53. The quantitative estimate of drug-likeness (QED) is 0.722. The van der Waals surface area contributed by atoms with Crippen LogP contribution < -0.4 is 15.4 Å². The third-order valence-electron chi connectivity index (χ3n) is 2.80. The van der Waals surface area contributed by atoms with Crippen molar-refractivity contribution in [1.29, 1.82) is 0 Å². The van der Waals surface area contributed by atoms with Crippen LogP contribution in [-0.2, 0) is 0 Å². The minimum Gasteiger partial charge on any atom is -0.497 e. The number of urea groups is 1. The van der Waals surface area contributed by atoms with Crippen molar-refractivity contribution in [2.75, 3.05) is 31.0 Å². The second-order valence-electron chi connectivity index (χ2n) is 4.78. The van der Waals surface area contributed by atoms with Crippen molar-refractivity contribution < 1.29 is 14.6 Å². The third-order valence-corrected chi connectivity index (χ3v) is 3.41. The second kappa shape index (κ2) is 8.01. The molecular formula is C14H22N2O3S. The number of ether oxygens (including phenoxy) is 1. The topological polar surface area (TPSA) is 70.6 Å². The molecule has 112 valence electrons. The first kappa shape index (κ1) is 16.7. The molecule has 0 saturated heterocycles. The van der Waals surface area contributed by atoms with Gasteiger partial charge in [-0.05, 0) is 37.5 Å². The Morgan fingerprint density at radius 1 is 1.50 bits per heavy atom. The van der Waals surface area contributed by atoms with E-state index in [0.717, 1.165) is 5.75 Å². The van der Waals surface area contributed by atoms with Gasteiger partial charge in [-0.1, -0.05) is 6.07 Å². The highest BCUT2D eigenvalue weighted by Crippen LogP contribution is 2.16. The number of rotatable bonds is 7. The number of amides is 2. The zero-order chi connectivity index (χ0) is 15.0. The van der Waals surface area contributed by atoms with E-state index >= 15 is 0 Å². The SMILES string of the molecule is COc1cccc(NC(=O)NC[C@](C)(O)CCSC)c1. The van der Waals surface area contributed by atoms with Crippen LogP contribution in [0, 0.1) is 0 Å². The number of hydrogen-bond acceptors (Lipinski definition) is 4. The van der Waals surface area contributed by atoms with Gasteiger partial charge in [-0.25, -0.2) is 4.79 Å². The van der Waals surface area contributed by atoms with Crippen molar-refractivity contribution in [3.8, 4) is 5.75 Å². The molecule has 2 amide bonds. The van der Waals surface area contributed by atoms with Crippen LogP contribution in [0.25, 0.3) is 0 Å². The summed E-state index contributed by atoms with van der Waals surface area (Å²) in [6.07, 6.45) is 2.62. The predicted octanol–water partition coefficient (Wildman–Crippen LogP) is 2.32. The van der Waals surface area contributed by atoms with Crippen LogP contribution in [0.1, 0.15) is 13.3 Å². The monoisotopic (exact) mass is 298 g/mol. The zero-order valence-electron chi connectivity index (χ0n) is 12.1. The van der Waals surface area contributed by atoms with Gasteiger partial charge in [0.05, 0.1) is 12.7 Å². The number of methoxy groups -OCH3 is 1. The molecule has 6 heteroatoms. The summed E-state index contributed by atoms with van der Waals surface area (Å²) in [5.41, 5.74) is -0.250. The Morgan fingerprint density at radius 3 is 2.90 bits per heavy atom. The lowest BCUT2D eigenvalue weighted by Gasteiger charge is -2.23. The number of benzene rings is 1. The van der Waals surface area contributed by atoms with Crippen LogP contribution in [0.3, 0.4) is 0 Å². The van der Waals surface area contributed by atoms with Crippen molar-refractivity contribution in [2.45, 2.75) is 18.9 Å². The van der Waals surface area contributed by atoms with Gasteiger partial charge < -0.3 is 20.5 Å². The summed E-state index contributed by atoms with van der Waals surface area (Å²) in [6, 6.07) is 6.75. The highest BCUT2D eigenvalue weighted by atomic mass is 32.2. The predicted molar refractivity (Wildman–Crippen MR) is 83.6 cm³/mol. The molecule has 0 unspecified atom stereocenters. The number of aliphatic hydroxyl groups is 1. The molecule has 0 fully saturated rings. The van der Waals surface area contributed by atoms with E-state index in [1.807, 2.05) is 6.26 Å². The van der Waals surface area contributed by atoms with Crippen molar-refractivity contribution in [2.24, 2.45) is 0 Å². The molecule has 1 rings (SSSR count). The molecule has 1 aromatic rings. The molecule has 0 heterocycles. The normalized spacial score (nSPS) is 13.4. The lowest BCUT2D eigenvalue weighted by atomic mass is 10.0. The molecule has 0 aliphatic rings. The summed E-state index contributed by atoms with van der Waals surface area (Å²) in [6.45, 7) is 1.93. The maximum Gasteiger partial charge on any atom is 0.319 e. The van der Waals surface area contributed by atoms with Gasteiger partial charge in [0, 0.05) is 18.3 Å². The van der Waals surface area contributed by atoms with Gasteiger partial charge >= 0.3 is 6.03 Å². The highest BCUT2D eigenvalue weighted by Gasteiger charge is 2.20. The van der Waals surface area contributed by atoms with E-state index in [-0.39, 0.29) is 12.6 Å². The summed E-state index contributed by atoms with van der Waals surface area (Å²) in [4.78, 5) is 11.8. The molecule has 0 spiro atoms. The van der Waals surface area contributed by atoms with E-state index < -0.39 is 5.60 Å².